The normalized spacial score (nSPS) is 13.0. The van der Waals surface area contributed by atoms with E-state index in [1.165, 1.54) is 0 Å². The third-order valence-corrected chi connectivity index (χ3v) is 10.1. The van der Waals surface area contributed by atoms with E-state index in [1.54, 1.807) is 0 Å². The Morgan fingerprint density at radius 2 is 0.917 bits per heavy atom. The first-order valence-corrected chi connectivity index (χ1v) is 17.5. The van der Waals surface area contributed by atoms with Gasteiger partial charge in [0.15, 0.2) is 11.5 Å². The van der Waals surface area contributed by atoms with Crippen molar-refractivity contribution < 1.29 is 38.1 Å². The Balaban J connectivity index is 2.33. The predicted octanol–water partition coefficient (Wildman–Crippen LogP) is 11.4. The van der Waals surface area contributed by atoms with Crippen LogP contribution in [0, 0.1) is 22.7 Å². The van der Waals surface area contributed by atoms with Crippen LogP contribution < -0.4 is 9.47 Å². The van der Waals surface area contributed by atoms with E-state index in [-0.39, 0.29) is 66.0 Å². The molecule has 0 aliphatic rings. The Morgan fingerprint density at radius 3 is 1.21 bits per heavy atom. The molecule has 266 valence electrons. The number of benzene rings is 2. The van der Waals surface area contributed by atoms with E-state index in [9.17, 15) is 19.2 Å². The van der Waals surface area contributed by atoms with Crippen LogP contribution in [0.1, 0.15) is 102 Å². The van der Waals surface area contributed by atoms with Crippen molar-refractivity contribution in [1.29, 1.82) is 0 Å². The standard InChI is InChI=1S/C34H40Cl6O8/c1-9-33(5,6)13-17(3)15-45-29(41)23-25(39)19(35)11-21(37)27(23)47-31(43)32(44)48-28-22(38)12-20(36)26(40)24(28)30(42)46-16-18(4)14-34(7,8)10-2/h11-12,17-18H,9-10,13-16H2,1-8H3. The second-order valence-electron chi connectivity index (χ2n) is 13.3. The van der Waals surface area contributed by atoms with Crippen molar-refractivity contribution in [2.45, 2.75) is 81.1 Å². The largest absolute Gasteiger partial charge is 0.462 e. The van der Waals surface area contributed by atoms with E-state index in [0.717, 1.165) is 37.8 Å². The molecular formula is C34H40Cl6O8. The topological polar surface area (TPSA) is 105 Å². The molecule has 0 spiro atoms. The third-order valence-electron chi connectivity index (χ3n) is 7.93. The first kappa shape index (κ1) is 42.2. The van der Waals surface area contributed by atoms with Crippen LogP contribution in [0.15, 0.2) is 12.1 Å². The fraction of sp³-hybridized carbons (Fsp3) is 0.529. The van der Waals surface area contributed by atoms with Gasteiger partial charge in [0.1, 0.15) is 11.1 Å². The Hall–Kier alpha value is -1.94. The number of carbonyl (C=O) groups excluding carboxylic acids is 4. The second kappa shape index (κ2) is 17.8. The van der Waals surface area contributed by atoms with Crippen molar-refractivity contribution in [2.75, 3.05) is 13.2 Å². The zero-order valence-electron chi connectivity index (χ0n) is 28.1. The van der Waals surface area contributed by atoms with Crippen LogP contribution in [0.4, 0.5) is 0 Å². The van der Waals surface area contributed by atoms with Crippen molar-refractivity contribution in [2.24, 2.45) is 22.7 Å². The average Bonchev–Trinajstić information content (AvgIpc) is 2.99. The number of esters is 4. The van der Waals surface area contributed by atoms with Gasteiger partial charge in [-0.15, -0.1) is 0 Å². The summed E-state index contributed by atoms with van der Waals surface area (Å²) in [7, 11) is 0. The summed E-state index contributed by atoms with van der Waals surface area (Å²) in [6.45, 7) is 16.4. The molecule has 0 fully saturated rings. The minimum Gasteiger partial charge on any atom is -0.462 e. The molecule has 0 radical (unpaired) electrons. The maximum Gasteiger partial charge on any atom is 0.423 e. The quantitative estimate of drug-likeness (QED) is 0.0806. The monoisotopic (exact) mass is 786 g/mol. The van der Waals surface area contributed by atoms with E-state index in [1.807, 2.05) is 13.8 Å². The van der Waals surface area contributed by atoms with Gasteiger partial charge in [-0.3, -0.25) is 0 Å². The predicted molar refractivity (Wildman–Crippen MR) is 190 cm³/mol. The van der Waals surface area contributed by atoms with Crippen LogP contribution >= 0.6 is 69.6 Å². The summed E-state index contributed by atoms with van der Waals surface area (Å²) >= 11 is 37.5. The Labute approximate surface area is 311 Å². The van der Waals surface area contributed by atoms with Gasteiger partial charge >= 0.3 is 23.9 Å². The molecule has 48 heavy (non-hydrogen) atoms. The van der Waals surface area contributed by atoms with E-state index < -0.39 is 46.5 Å². The van der Waals surface area contributed by atoms with Crippen molar-refractivity contribution in [1.82, 2.24) is 0 Å². The molecule has 0 N–H and O–H groups in total. The molecule has 14 heteroatoms. The first-order chi connectivity index (χ1) is 22.1. The molecule has 0 saturated carbocycles. The van der Waals surface area contributed by atoms with Gasteiger partial charge in [0.25, 0.3) is 0 Å². The number of hydrogen-bond donors (Lipinski definition) is 0. The second-order valence-corrected chi connectivity index (χ2v) is 15.7. The van der Waals surface area contributed by atoms with Gasteiger partial charge < -0.3 is 18.9 Å². The first-order valence-electron chi connectivity index (χ1n) is 15.3. The van der Waals surface area contributed by atoms with E-state index in [2.05, 4.69) is 41.5 Å². The van der Waals surface area contributed by atoms with Gasteiger partial charge in [-0.2, -0.15) is 0 Å². The lowest BCUT2D eigenvalue weighted by Crippen LogP contribution is -2.28. The molecule has 0 aromatic heterocycles. The number of hydrogen-bond acceptors (Lipinski definition) is 8. The molecular weight excluding hydrogens is 749 g/mol. The molecule has 2 aromatic carbocycles. The van der Waals surface area contributed by atoms with Gasteiger partial charge in [0.2, 0.25) is 0 Å². The summed E-state index contributed by atoms with van der Waals surface area (Å²) in [5.41, 5.74) is -0.923. The number of halogens is 6. The van der Waals surface area contributed by atoms with Crippen molar-refractivity contribution >= 4 is 93.5 Å². The van der Waals surface area contributed by atoms with Gasteiger partial charge in [-0.25, -0.2) is 19.2 Å². The van der Waals surface area contributed by atoms with Crippen LogP contribution in [0.3, 0.4) is 0 Å². The molecule has 0 heterocycles. The van der Waals surface area contributed by atoms with Crippen molar-refractivity contribution in [3.63, 3.8) is 0 Å². The zero-order valence-corrected chi connectivity index (χ0v) is 32.6. The molecule has 2 rings (SSSR count). The molecule has 0 bridgehead atoms. The Kier molecular flexibility index (Phi) is 15.7. The molecule has 0 saturated heterocycles. The molecule has 0 aliphatic heterocycles. The molecule has 2 aromatic rings. The summed E-state index contributed by atoms with van der Waals surface area (Å²) in [5.74, 6) is -6.53. The smallest absolute Gasteiger partial charge is 0.423 e. The number of rotatable bonds is 14. The van der Waals surface area contributed by atoms with E-state index in [4.69, 9.17) is 88.6 Å². The Bertz CT molecular complexity index is 1420. The van der Waals surface area contributed by atoms with Crippen LogP contribution in [0.5, 0.6) is 11.5 Å². The highest BCUT2D eigenvalue weighted by molar-refractivity contribution is 6.47. The maximum atomic E-state index is 13.2. The highest BCUT2D eigenvalue weighted by Gasteiger charge is 2.33. The summed E-state index contributed by atoms with van der Waals surface area (Å²) in [6, 6.07) is 2.24. The Morgan fingerprint density at radius 1 is 0.604 bits per heavy atom. The van der Waals surface area contributed by atoms with E-state index in [0.29, 0.717) is 0 Å². The number of ether oxygens (including phenoxy) is 4. The molecule has 0 aliphatic carbocycles. The molecule has 2 atom stereocenters. The third kappa shape index (κ3) is 11.6. The fourth-order valence-electron chi connectivity index (χ4n) is 4.86. The lowest BCUT2D eigenvalue weighted by molar-refractivity contribution is -0.156. The minimum atomic E-state index is -1.65. The average molecular weight is 789 g/mol. The maximum absolute atomic E-state index is 13.2. The van der Waals surface area contributed by atoms with Gasteiger partial charge in [0.05, 0.1) is 43.3 Å². The zero-order chi connectivity index (χ0) is 36.7. The van der Waals surface area contributed by atoms with E-state index >= 15 is 0 Å². The summed E-state index contributed by atoms with van der Waals surface area (Å²) < 4.78 is 21.3. The SMILES string of the molecule is CCC(C)(C)CC(C)COC(=O)c1c(Cl)c(Cl)cc(Cl)c1OC(=O)C(=O)Oc1c(Cl)cc(Cl)c(Cl)c1C(=O)OCC(C)CC(C)(C)CC. The van der Waals surface area contributed by atoms with Gasteiger partial charge in [-0.05, 0) is 47.6 Å². The van der Waals surface area contributed by atoms with Crippen molar-refractivity contribution in [3.05, 3.63) is 53.4 Å². The lowest BCUT2D eigenvalue weighted by atomic mass is 9.81. The van der Waals surface area contributed by atoms with Crippen LogP contribution in [0.25, 0.3) is 0 Å². The van der Waals surface area contributed by atoms with Crippen molar-refractivity contribution in [3.8, 4) is 11.5 Å². The molecule has 2 unspecified atom stereocenters. The summed E-state index contributed by atoms with van der Waals surface area (Å²) in [6.07, 6.45) is 3.36. The lowest BCUT2D eigenvalue weighted by Gasteiger charge is -2.26. The summed E-state index contributed by atoms with van der Waals surface area (Å²) in [4.78, 5) is 52.4. The van der Waals surface area contributed by atoms with Crippen LogP contribution in [-0.4, -0.2) is 37.1 Å². The number of carbonyl (C=O) groups is 4. The van der Waals surface area contributed by atoms with Gasteiger partial charge in [-0.1, -0.05) is 138 Å². The van der Waals surface area contributed by atoms with Crippen LogP contribution in [0.2, 0.25) is 30.1 Å². The highest BCUT2D eigenvalue weighted by Crippen LogP contribution is 2.42. The molecule has 0 amide bonds. The van der Waals surface area contributed by atoms with Gasteiger partial charge in [0, 0.05) is 0 Å². The molecule has 8 nitrogen and oxygen atoms in total. The van der Waals surface area contributed by atoms with Crippen LogP contribution in [-0.2, 0) is 19.1 Å². The summed E-state index contributed by atoms with van der Waals surface area (Å²) in [5, 5.41) is -1.55. The minimum absolute atomic E-state index is 0.0158. The fourth-order valence-corrected chi connectivity index (χ4v) is 6.30. The highest BCUT2D eigenvalue weighted by atomic mass is 35.5.